The monoisotopic (exact) mass is 706 g/mol. The van der Waals surface area contributed by atoms with Gasteiger partial charge in [-0.1, -0.05) is 114 Å². The lowest BCUT2D eigenvalue weighted by Gasteiger charge is -2.43. The van der Waals surface area contributed by atoms with E-state index in [0.29, 0.717) is 106 Å². The second-order valence-corrected chi connectivity index (χ2v) is 17.1. The Morgan fingerprint density at radius 3 is 1.02 bits per heavy atom. The van der Waals surface area contributed by atoms with Gasteiger partial charge < -0.3 is 42.3 Å². The fraction of sp³-hybridized carbons (Fsp3) is 0.692. The molecule has 0 spiro atoms. The van der Waals surface area contributed by atoms with Crippen molar-refractivity contribution >= 4 is 18.7 Å². The molecule has 9 nitrogen and oxygen atoms in total. The standard InChI is InChI=1S/C39H66O9Si/c1-5-6-7-8-15-20-40-21-22-41-23-24-42-25-26-43-27-28-44-29-30-45-31-32-46-33-34-47-35-36-48-49(39(2,3)4,37-16-11-9-12-17-37)38-18-13-10-14-19-38/h9-14,16-19H,5-8,15,20-36H2,1-4H3. The third kappa shape index (κ3) is 19.5. The topological polar surface area (TPSA) is 83.1 Å². The molecule has 0 bridgehead atoms. The van der Waals surface area contributed by atoms with Gasteiger partial charge in [0.05, 0.1) is 106 Å². The molecule has 0 aliphatic heterocycles. The molecule has 0 radical (unpaired) electrons. The molecule has 0 amide bonds. The van der Waals surface area contributed by atoms with Crippen molar-refractivity contribution in [1.29, 1.82) is 0 Å². The van der Waals surface area contributed by atoms with Crippen LogP contribution in [0, 0.1) is 0 Å². The zero-order chi connectivity index (χ0) is 35.1. The minimum Gasteiger partial charge on any atom is -0.405 e. The Labute approximate surface area is 298 Å². The molecule has 0 saturated carbocycles. The fourth-order valence-corrected chi connectivity index (χ4v) is 10.0. The second kappa shape index (κ2) is 28.9. The Morgan fingerprint density at radius 2 is 0.694 bits per heavy atom. The smallest absolute Gasteiger partial charge is 0.261 e. The van der Waals surface area contributed by atoms with Gasteiger partial charge in [0.1, 0.15) is 0 Å². The minimum absolute atomic E-state index is 0.0495. The molecule has 0 fully saturated rings. The summed E-state index contributed by atoms with van der Waals surface area (Å²) >= 11 is 0. The Kier molecular flexibility index (Phi) is 25.7. The maximum Gasteiger partial charge on any atom is 0.261 e. The summed E-state index contributed by atoms with van der Waals surface area (Å²) < 4.78 is 51.6. The Hall–Kier alpha value is -1.70. The van der Waals surface area contributed by atoms with E-state index in [9.17, 15) is 0 Å². The highest BCUT2D eigenvalue weighted by Crippen LogP contribution is 2.36. The van der Waals surface area contributed by atoms with Crippen LogP contribution in [0.15, 0.2) is 60.7 Å². The van der Waals surface area contributed by atoms with Gasteiger partial charge in [-0.05, 0) is 21.8 Å². The van der Waals surface area contributed by atoms with E-state index in [-0.39, 0.29) is 5.04 Å². The van der Waals surface area contributed by atoms with Crippen LogP contribution >= 0.6 is 0 Å². The van der Waals surface area contributed by atoms with E-state index >= 15 is 0 Å². The molecule has 2 rings (SSSR count). The van der Waals surface area contributed by atoms with Crippen molar-refractivity contribution < 1.29 is 42.3 Å². The van der Waals surface area contributed by atoms with Gasteiger partial charge in [0.25, 0.3) is 8.32 Å². The van der Waals surface area contributed by atoms with Gasteiger partial charge in [0.15, 0.2) is 0 Å². The van der Waals surface area contributed by atoms with Crippen molar-refractivity contribution in [2.75, 3.05) is 112 Å². The van der Waals surface area contributed by atoms with E-state index in [0.717, 1.165) is 13.0 Å². The average molecular weight is 707 g/mol. The summed E-state index contributed by atoms with van der Waals surface area (Å²) in [4.78, 5) is 0. The van der Waals surface area contributed by atoms with Gasteiger partial charge in [-0.15, -0.1) is 0 Å². The number of benzene rings is 2. The first-order valence-corrected chi connectivity index (χ1v) is 20.3. The first-order valence-electron chi connectivity index (χ1n) is 18.4. The first kappa shape index (κ1) is 43.5. The van der Waals surface area contributed by atoms with E-state index in [1.807, 2.05) is 0 Å². The second-order valence-electron chi connectivity index (χ2n) is 12.8. The van der Waals surface area contributed by atoms with Crippen LogP contribution < -0.4 is 10.4 Å². The molecular formula is C39H66O9Si. The highest BCUT2D eigenvalue weighted by Gasteiger charge is 2.50. The van der Waals surface area contributed by atoms with Crippen LogP contribution in [0.2, 0.25) is 5.04 Å². The van der Waals surface area contributed by atoms with Crippen molar-refractivity contribution in [3.8, 4) is 0 Å². The molecule has 280 valence electrons. The molecule has 0 heterocycles. The number of hydrogen-bond acceptors (Lipinski definition) is 9. The lowest BCUT2D eigenvalue weighted by molar-refractivity contribution is -0.0237. The summed E-state index contributed by atoms with van der Waals surface area (Å²) in [6, 6.07) is 21.3. The van der Waals surface area contributed by atoms with Gasteiger partial charge in [0, 0.05) is 6.61 Å². The quantitative estimate of drug-likeness (QED) is 0.0690. The minimum atomic E-state index is -2.53. The maximum atomic E-state index is 6.85. The number of unbranched alkanes of at least 4 members (excludes halogenated alkanes) is 4. The lowest BCUT2D eigenvalue weighted by atomic mass is 10.2. The largest absolute Gasteiger partial charge is 0.405 e. The van der Waals surface area contributed by atoms with Crippen molar-refractivity contribution in [2.45, 2.75) is 64.8 Å². The summed E-state index contributed by atoms with van der Waals surface area (Å²) in [5, 5.41) is 2.50. The predicted molar refractivity (Wildman–Crippen MR) is 199 cm³/mol. The average Bonchev–Trinajstić information content (AvgIpc) is 3.11. The fourth-order valence-electron chi connectivity index (χ4n) is 5.46. The molecule has 0 aromatic heterocycles. The molecule has 0 atom stereocenters. The summed E-state index contributed by atoms with van der Waals surface area (Å²) in [7, 11) is -2.53. The Balaban J connectivity index is 1.36. The number of ether oxygens (including phenoxy) is 8. The zero-order valence-electron chi connectivity index (χ0n) is 31.0. The molecule has 0 aliphatic rings. The highest BCUT2D eigenvalue weighted by molar-refractivity contribution is 6.99. The van der Waals surface area contributed by atoms with Crippen LogP contribution in [0.1, 0.15) is 59.8 Å². The molecule has 49 heavy (non-hydrogen) atoms. The molecule has 2 aromatic carbocycles. The van der Waals surface area contributed by atoms with Crippen molar-refractivity contribution in [3.63, 3.8) is 0 Å². The molecule has 10 heteroatoms. The number of rotatable bonds is 33. The third-order valence-electron chi connectivity index (χ3n) is 7.96. The van der Waals surface area contributed by atoms with Crippen LogP contribution in [-0.2, 0) is 42.3 Å². The summed E-state index contributed by atoms with van der Waals surface area (Å²) in [5.41, 5.74) is 0. The van der Waals surface area contributed by atoms with Crippen molar-refractivity contribution in [3.05, 3.63) is 60.7 Å². The van der Waals surface area contributed by atoms with Gasteiger partial charge in [-0.3, -0.25) is 0 Å². The maximum absolute atomic E-state index is 6.85. The zero-order valence-corrected chi connectivity index (χ0v) is 32.0. The van der Waals surface area contributed by atoms with Gasteiger partial charge in [-0.25, -0.2) is 0 Å². The summed E-state index contributed by atoms with van der Waals surface area (Å²) in [5.74, 6) is 0. The normalized spacial score (nSPS) is 12.2. The molecule has 0 saturated heterocycles. The molecule has 2 aromatic rings. The first-order chi connectivity index (χ1) is 24.0. The SMILES string of the molecule is CCCCCCCOCCOCCOCCOCCOCCOCCOCCOCCO[Si](c1ccccc1)(c1ccccc1)C(C)(C)C. The van der Waals surface area contributed by atoms with E-state index in [1.54, 1.807) is 0 Å². The van der Waals surface area contributed by atoms with Crippen LogP contribution in [0.3, 0.4) is 0 Å². The molecule has 0 unspecified atom stereocenters. The van der Waals surface area contributed by atoms with E-state index in [1.165, 1.54) is 36.1 Å². The summed E-state index contributed by atoms with van der Waals surface area (Å²) in [6.07, 6.45) is 6.29. The Bertz CT molecular complexity index is 951. The van der Waals surface area contributed by atoms with Crippen LogP contribution in [0.25, 0.3) is 0 Å². The highest BCUT2D eigenvalue weighted by atomic mass is 28.4. The van der Waals surface area contributed by atoms with Gasteiger partial charge >= 0.3 is 0 Å². The lowest BCUT2D eigenvalue weighted by Crippen LogP contribution is -2.66. The van der Waals surface area contributed by atoms with Crippen LogP contribution in [0.4, 0.5) is 0 Å². The van der Waals surface area contributed by atoms with E-state index in [2.05, 4.69) is 88.4 Å². The van der Waals surface area contributed by atoms with Crippen molar-refractivity contribution in [2.24, 2.45) is 0 Å². The van der Waals surface area contributed by atoms with Crippen molar-refractivity contribution in [1.82, 2.24) is 0 Å². The third-order valence-corrected chi connectivity index (χ3v) is 13.0. The Morgan fingerprint density at radius 1 is 0.388 bits per heavy atom. The molecule has 0 N–H and O–H groups in total. The van der Waals surface area contributed by atoms with E-state index in [4.69, 9.17) is 42.3 Å². The van der Waals surface area contributed by atoms with Crippen LogP contribution in [0.5, 0.6) is 0 Å². The molecular weight excluding hydrogens is 641 g/mol. The summed E-state index contributed by atoms with van der Waals surface area (Å²) in [6.45, 7) is 18.6. The van der Waals surface area contributed by atoms with Gasteiger partial charge in [-0.2, -0.15) is 0 Å². The van der Waals surface area contributed by atoms with Crippen LogP contribution in [-0.4, -0.2) is 121 Å². The van der Waals surface area contributed by atoms with Gasteiger partial charge in [0.2, 0.25) is 0 Å². The van der Waals surface area contributed by atoms with E-state index < -0.39 is 8.32 Å². The number of hydrogen-bond donors (Lipinski definition) is 0. The molecule has 0 aliphatic carbocycles. The predicted octanol–water partition coefficient (Wildman–Crippen LogP) is 5.67.